The average molecular weight is 357 g/mol. The first-order chi connectivity index (χ1) is 12.5. The summed E-state index contributed by atoms with van der Waals surface area (Å²) in [5, 5.41) is 4.33. The van der Waals surface area contributed by atoms with Crippen LogP contribution in [-0.2, 0) is 6.54 Å². The van der Waals surface area contributed by atoms with Crippen LogP contribution in [0, 0.1) is 18.6 Å². The predicted octanol–water partition coefficient (Wildman–Crippen LogP) is 3.28. The third-order valence-corrected chi connectivity index (χ3v) is 4.95. The van der Waals surface area contributed by atoms with Crippen molar-refractivity contribution in [3.63, 3.8) is 0 Å². The molecule has 26 heavy (non-hydrogen) atoms. The van der Waals surface area contributed by atoms with E-state index in [0.717, 1.165) is 49.0 Å². The number of nitrogens with two attached hydrogens (primary N) is 1. The first-order valence-electron chi connectivity index (χ1n) is 8.79. The molecule has 1 aliphatic rings. The Morgan fingerprint density at radius 1 is 1.27 bits per heavy atom. The molecule has 1 saturated heterocycles. The van der Waals surface area contributed by atoms with Crippen LogP contribution in [0.15, 0.2) is 30.3 Å². The van der Waals surface area contributed by atoms with Gasteiger partial charge >= 0.3 is 0 Å². The highest BCUT2D eigenvalue weighted by atomic mass is 19.2. The van der Waals surface area contributed by atoms with Gasteiger partial charge < -0.3 is 5.73 Å². The second-order valence-corrected chi connectivity index (χ2v) is 6.95. The molecule has 0 amide bonds. The van der Waals surface area contributed by atoms with Crippen LogP contribution < -0.4 is 5.73 Å². The molecule has 136 valence electrons. The second kappa shape index (κ2) is 6.64. The largest absolute Gasteiger partial charge is 0.384 e. The van der Waals surface area contributed by atoms with Gasteiger partial charge in [0, 0.05) is 36.7 Å². The molecule has 1 aromatic carbocycles. The Morgan fingerprint density at radius 2 is 2.12 bits per heavy atom. The Labute approximate surface area is 150 Å². The van der Waals surface area contributed by atoms with E-state index >= 15 is 0 Å². The van der Waals surface area contributed by atoms with Gasteiger partial charge in [0.15, 0.2) is 17.3 Å². The Bertz CT molecular complexity index is 952. The van der Waals surface area contributed by atoms with E-state index in [0.29, 0.717) is 17.9 Å². The van der Waals surface area contributed by atoms with E-state index in [9.17, 15) is 8.78 Å². The molecule has 3 aromatic rings. The summed E-state index contributed by atoms with van der Waals surface area (Å²) < 4.78 is 29.1. The Morgan fingerprint density at radius 3 is 2.96 bits per heavy atom. The number of fused-ring (bicyclic) bond motifs is 1. The van der Waals surface area contributed by atoms with Crippen LogP contribution >= 0.6 is 0 Å². The van der Waals surface area contributed by atoms with Gasteiger partial charge in [-0.05, 0) is 32.4 Å². The third-order valence-electron chi connectivity index (χ3n) is 4.95. The molecule has 1 atom stereocenters. The fourth-order valence-corrected chi connectivity index (χ4v) is 3.69. The molecule has 0 radical (unpaired) electrons. The summed E-state index contributed by atoms with van der Waals surface area (Å²) in [6, 6.07) is 8.11. The molecule has 3 heterocycles. The molecule has 7 heteroatoms. The number of aromatic nitrogens is 3. The number of rotatable bonds is 3. The topological polar surface area (TPSA) is 59.5 Å². The van der Waals surface area contributed by atoms with Crippen molar-refractivity contribution in [3.05, 3.63) is 58.9 Å². The normalized spacial score (nSPS) is 18.5. The molecular weight excluding hydrogens is 336 g/mol. The highest BCUT2D eigenvalue weighted by Crippen LogP contribution is 2.28. The maximum absolute atomic E-state index is 14.0. The van der Waals surface area contributed by atoms with E-state index in [1.165, 1.54) is 0 Å². The molecule has 0 aliphatic carbocycles. The minimum absolute atomic E-state index is 0.211. The molecule has 0 bridgehead atoms. The lowest BCUT2D eigenvalue weighted by atomic mass is 9.94. The zero-order valence-corrected chi connectivity index (χ0v) is 14.6. The van der Waals surface area contributed by atoms with Crippen LogP contribution in [0.4, 0.5) is 14.6 Å². The molecule has 5 nitrogen and oxygen atoms in total. The summed E-state index contributed by atoms with van der Waals surface area (Å²) >= 11 is 0. The molecule has 1 aliphatic heterocycles. The second-order valence-electron chi connectivity index (χ2n) is 6.95. The number of piperidine rings is 1. The number of hydrogen-bond acceptors (Lipinski definition) is 4. The van der Waals surface area contributed by atoms with Crippen molar-refractivity contribution in [2.24, 2.45) is 0 Å². The van der Waals surface area contributed by atoms with Crippen LogP contribution in [0.3, 0.4) is 0 Å². The van der Waals surface area contributed by atoms with Gasteiger partial charge in [0.1, 0.15) is 5.82 Å². The van der Waals surface area contributed by atoms with Gasteiger partial charge in [-0.25, -0.2) is 13.8 Å². The van der Waals surface area contributed by atoms with Crippen LogP contribution in [0.1, 0.15) is 35.7 Å². The fraction of sp³-hybridized carbons (Fsp3) is 0.368. The van der Waals surface area contributed by atoms with Crippen LogP contribution in [-0.4, -0.2) is 32.6 Å². The lowest BCUT2D eigenvalue weighted by Crippen LogP contribution is -2.34. The minimum Gasteiger partial charge on any atom is -0.384 e. The standard InChI is InChI=1S/C19H21F2N5/c1-12-8-18-23-16(9-17(22)26(18)24-12)13-5-3-7-25(10-13)11-14-4-2-6-15(20)19(14)21/h2,4,6,8-9,13H,3,5,7,10-11,22H2,1H3. The SMILES string of the molecule is Cc1cc2nc(C3CCCN(Cc4cccc(F)c4F)C3)cc(N)n2n1. The first-order valence-corrected chi connectivity index (χ1v) is 8.79. The summed E-state index contributed by atoms with van der Waals surface area (Å²) in [7, 11) is 0. The highest BCUT2D eigenvalue weighted by molar-refractivity contribution is 5.48. The molecule has 2 aromatic heterocycles. The molecule has 0 spiro atoms. The van der Waals surface area contributed by atoms with Crippen molar-refractivity contribution in [3.8, 4) is 0 Å². The van der Waals surface area contributed by atoms with Crippen molar-refractivity contribution >= 4 is 11.5 Å². The van der Waals surface area contributed by atoms with E-state index in [4.69, 9.17) is 10.7 Å². The van der Waals surface area contributed by atoms with Gasteiger partial charge in [-0.15, -0.1) is 0 Å². The van der Waals surface area contributed by atoms with Crippen molar-refractivity contribution in [1.82, 2.24) is 19.5 Å². The molecule has 4 rings (SSSR count). The van der Waals surface area contributed by atoms with Crippen molar-refractivity contribution < 1.29 is 8.78 Å². The molecule has 1 fully saturated rings. The number of benzene rings is 1. The number of halogens is 2. The maximum atomic E-state index is 14.0. The Hall–Kier alpha value is -2.54. The van der Waals surface area contributed by atoms with E-state index in [2.05, 4.69) is 10.00 Å². The number of anilines is 1. The number of nitrogens with zero attached hydrogens (tertiary/aromatic N) is 4. The van der Waals surface area contributed by atoms with Crippen LogP contribution in [0.25, 0.3) is 5.65 Å². The van der Waals surface area contributed by atoms with E-state index in [-0.39, 0.29) is 5.92 Å². The van der Waals surface area contributed by atoms with Crippen molar-refractivity contribution in [2.45, 2.75) is 32.2 Å². The van der Waals surface area contributed by atoms with Gasteiger partial charge in [-0.2, -0.15) is 9.61 Å². The number of hydrogen-bond donors (Lipinski definition) is 1. The van der Waals surface area contributed by atoms with Gasteiger partial charge in [0.25, 0.3) is 0 Å². The van der Waals surface area contributed by atoms with E-state index in [1.807, 2.05) is 19.1 Å². The van der Waals surface area contributed by atoms with Gasteiger partial charge in [-0.1, -0.05) is 12.1 Å². The van der Waals surface area contributed by atoms with E-state index in [1.54, 1.807) is 16.6 Å². The van der Waals surface area contributed by atoms with Crippen molar-refractivity contribution in [2.75, 3.05) is 18.8 Å². The quantitative estimate of drug-likeness (QED) is 0.782. The summed E-state index contributed by atoms with van der Waals surface area (Å²) in [4.78, 5) is 6.86. The molecule has 1 unspecified atom stereocenters. The number of nitrogen functional groups attached to an aromatic ring is 1. The zero-order valence-electron chi connectivity index (χ0n) is 14.6. The van der Waals surface area contributed by atoms with Gasteiger partial charge in [0.2, 0.25) is 0 Å². The smallest absolute Gasteiger partial charge is 0.163 e. The summed E-state index contributed by atoms with van der Waals surface area (Å²) in [6.45, 7) is 3.90. The molecular formula is C19H21F2N5. The average Bonchev–Trinajstić information content (AvgIpc) is 3.00. The Kier molecular flexibility index (Phi) is 4.32. The van der Waals surface area contributed by atoms with E-state index < -0.39 is 11.6 Å². The molecule has 2 N–H and O–H groups in total. The van der Waals surface area contributed by atoms with Crippen LogP contribution in [0.2, 0.25) is 0 Å². The number of likely N-dealkylation sites (tertiary alicyclic amines) is 1. The van der Waals surface area contributed by atoms with Gasteiger partial charge in [0.05, 0.1) is 11.4 Å². The fourth-order valence-electron chi connectivity index (χ4n) is 3.69. The van der Waals surface area contributed by atoms with Crippen molar-refractivity contribution in [1.29, 1.82) is 0 Å². The summed E-state index contributed by atoms with van der Waals surface area (Å²) in [5.41, 5.74) is 9.06. The Balaban J connectivity index is 1.56. The van der Waals surface area contributed by atoms with Crippen LogP contribution in [0.5, 0.6) is 0 Å². The summed E-state index contributed by atoms with van der Waals surface area (Å²) in [5.74, 6) is -0.783. The monoisotopic (exact) mass is 357 g/mol. The predicted molar refractivity (Wildman–Crippen MR) is 95.7 cm³/mol. The zero-order chi connectivity index (χ0) is 18.3. The summed E-state index contributed by atoms with van der Waals surface area (Å²) in [6.07, 6.45) is 1.98. The highest BCUT2D eigenvalue weighted by Gasteiger charge is 2.24. The third kappa shape index (κ3) is 3.14. The lowest BCUT2D eigenvalue weighted by molar-refractivity contribution is 0.196. The first kappa shape index (κ1) is 16.9. The number of aryl methyl sites for hydroxylation is 1. The minimum atomic E-state index is -0.799. The lowest BCUT2D eigenvalue weighted by Gasteiger charge is -2.32. The molecule has 0 saturated carbocycles. The van der Waals surface area contributed by atoms with Gasteiger partial charge in [-0.3, -0.25) is 4.90 Å². The maximum Gasteiger partial charge on any atom is 0.163 e.